The third-order valence-electron chi connectivity index (χ3n) is 5.88. The van der Waals surface area contributed by atoms with Crippen molar-refractivity contribution in [3.05, 3.63) is 54.1 Å². The number of benzene rings is 1. The number of hydrogen-bond donors (Lipinski definition) is 1. The van der Waals surface area contributed by atoms with E-state index >= 15 is 0 Å². The molecule has 1 aliphatic rings. The van der Waals surface area contributed by atoms with Crippen LogP contribution < -0.4 is 33.7 Å². The Morgan fingerprint density at radius 2 is 1.68 bits per heavy atom. The molecule has 5 heteroatoms. The van der Waals surface area contributed by atoms with E-state index < -0.39 is 33.0 Å². The van der Waals surface area contributed by atoms with Gasteiger partial charge in [-0.25, -0.2) is 0 Å². The van der Waals surface area contributed by atoms with Gasteiger partial charge in [-0.3, -0.25) is 0 Å². The molecule has 2 rings (SSSR count). The van der Waals surface area contributed by atoms with Gasteiger partial charge in [-0.15, -0.1) is 0 Å². The van der Waals surface area contributed by atoms with Gasteiger partial charge in [0, 0.05) is 0 Å². The molecule has 0 bridgehead atoms. The van der Waals surface area contributed by atoms with Gasteiger partial charge in [0.15, 0.2) is 0 Å². The van der Waals surface area contributed by atoms with Crippen molar-refractivity contribution < 1.29 is 48.3 Å². The molecule has 1 aliphatic carbocycles. The van der Waals surface area contributed by atoms with Gasteiger partial charge in [0.2, 0.25) is 0 Å². The van der Waals surface area contributed by atoms with Crippen LogP contribution >= 0.6 is 0 Å². The largest absolute Gasteiger partial charge is 1.00 e. The van der Waals surface area contributed by atoms with Crippen LogP contribution in [0.15, 0.2) is 54.1 Å². The van der Waals surface area contributed by atoms with Gasteiger partial charge < -0.3 is 24.8 Å². The van der Waals surface area contributed by atoms with Crippen molar-refractivity contribution in [2.75, 3.05) is 0 Å². The smallest absolute Gasteiger partial charge is 1.00 e. The van der Waals surface area contributed by atoms with Crippen molar-refractivity contribution in [1.82, 2.24) is 0 Å². The minimum Gasteiger partial charge on any atom is -1.00 e. The predicted octanol–water partition coefficient (Wildman–Crippen LogP) is -1.88. The Labute approximate surface area is 180 Å². The quantitative estimate of drug-likeness (QED) is 0.480. The summed E-state index contributed by atoms with van der Waals surface area (Å²) in [5.74, 6) is 0. The molecule has 0 spiro atoms. The van der Waals surface area contributed by atoms with Crippen LogP contribution in [0.3, 0.4) is 0 Å². The summed E-state index contributed by atoms with van der Waals surface area (Å²) in [7, 11) is -0.475. The monoisotopic (exact) mass is 473 g/mol. The molecular weight excluding hydrogens is 444 g/mol. The molecule has 2 N–H and O–H groups in total. The number of hydrogen-bond acceptors (Lipinski definition) is 1. The molecular formula is C20H31Cl2NSiZr. The van der Waals surface area contributed by atoms with E-state index in [1.165, 1.54) is 6.42 Å². The number of allylic oxidation sites excluding steroid dienone is 4. The molecule has 1 aromatic rings. The molecule has 0 radical (unpaired) electrons. The molecule has 0 aromatic heterocycles. The maximum absolute atomic E-state index is 6.66. The molecule has 0 saturated heterocycles. The Kier molecular flexibility index (Phi) is 10.2. The summed E-state index contributed by atoms with van der Waals surface area (Å²) in [6.07, 6.45) is 9.27. The van der Waals surface area contributed by atoms with Crippen LogP contribution in [0.2, 0.25) is 8.16 Å². The summed E-state index contributed by atoms with van der Waals surface area (Å²) in [5, 5.41) is 1.84. The molecule has 25 heavy (non-hydrogen) atoms. The predicted molar refractivity (Wildman–Crippen MR) is 101 cm³/mol. The van der Waals surface area contributed by atoms with Crippen molar-refractivity contribution in [2.45, 2.75) is 55.6 Å². The van der Waals surface area contributed by atoms with E-state index in [9.17, 15) is 0 Å². The summed E-state index contributed by atoms with van der Waals surface area (Å²) in [5.41, 5.74) is 1.89. The first-order valence-corrected chi connectivity index (χ1v) is 12.7. The Bertz CT molecular complexity index is 591. The normalized spacial score (nSPS) is 18.6. The first kappa shape index (κ1) is 25.3. The van der Waals surface area contributed by atoms with Gasteiger partial charge in [-0.05, 0) is 0 Å². The molecule has 0 fully saturated rings. The van der Waals surface area contributed by atoms with Gasteiger partial charge in [-0.2, -0.15) is 0 Å². The fourth-order valence-corrected chi connectivity index (χ4v) is 11.5. The fourth-order valence-electron chi connectivity index (χ4n) is 4.63. The fraction of sp³-hybridized carbons (Fsp3) is 0.500. The second kappa shape index (κ2) is 10.0. The average molecular weight is 476 g/mol. The van der Waals surface area contributed by atoms with Gasteiger partial charge in [0.05, 0.1) is 0 Å². The molecule has 138 valence electrons. The summed E-state index contributed by atoms with van der Waals surface area (Å²) in [6, 6.07) is 11.2. The Morgan fingerprint density at radius 1 is 1.08 bits per heavy atom. The first-order valence-electron chi connectivity index (χ1n) is 8.68. The van der Waals surface area contributed by atoms with Crippen LogP contribution in [0.5, 0.6) is 0 Å². The van der Waals surface area contributed by atoms with Gasteiger partial charge in [0.1, 0.15) is 0 Å². The zero-order valence-electron chi connectivity index (χ0n) is 16.1. The summed E-state index contributed by atoms with van der Waals surface area (Å²) >= 11 is -0.989. The van der Waals surface area contributed by atoms with Gasteiger partial charge >= 0.3 is 157 Å². The summed E-state index contributed by atoms with van der Waals surface area (Å²) in [4.78, 5) is 0. The Balaban J connectivity index is 0.00000288. The first-order chi connectivity index (χ1) is 10.8. The van der Waals surface area contributed by atoms with Crippen molar-refractivity contribution in [1.29, 1.82) is 0 Å². The van der Waals surface area contributed by atoms with Crippen molar-refractivity contribution >= 4 is 14.7 Å². The Morgan fingerprint density at radius 3 is 2.08 bits per heavy atom. The topological polar surface area (TPSA) is 26.0 Å². The molecule has 0 aliphatic heterocycles. The average Bonchev–Trinajstić information content (AvgIpc) is 3.03. The maximum atomic E-state index is 6.66. The van der Waals surface area contributed by atoms with Crippen molar-refractivity contribution in [3.8, 4) is 0 Å². The van der Waals surface area contributed by atoms with Crippen LogP contribution in [0.1, 0.15) is 47.5 Å². The molecule has 2 unspecified atom stereocenters. The summed E-state index contributed by atoms with van der Waals surface area (Å²) in [6.45, 7) is 12.2. The zero-order chi connectivity index (χ0) is 17.1. The van der Waals surface area contributed by atoms with Crippen LogP contribution in [-0.4, -0.2) is 9.52 Å². The van der Waals surface area contributed by atoms with E-state index in [0.717, 1.165) is 6.42 Å². The van der Waals surface area contributed by atoms with E-state index in [0.29, 0.717) is 3.12 Å². The standard InChI is InChI=1S/C20H29Si.2ClH.H2N.Zr/c1-6-18(19(2,3)4)20(5,16-12-10-11-13-16)21-17-14-8-7-9-15-17;;;;/h7-12,14-15H,6,13,21H2,1-5H3;2*1H;1H2;/q;;;-1;+3/p-2. The maximum Gasteiger partial charge on any atom is -1.00 e. The van der Waals surface area contributed by atoms with E-state index in [1.807, 2.05) is 0 Å². The molecule has 1 nitrogen and oxygen atoms in total. The number of nitrogens with two attached hydrogens (primary N) is 1. The molecule has 0 saturated carbocycles. The second-order valence-electron chi connectivity index (χ2n) is 7.97. The number of rotatable bonds is 6. The van der Waals surface area contributed by atoms with Crippen LogP contribution in [0, 0.1) is 5.41 Å². The van der Waals surface area contributed by atoms with E-state index in [4.69, 9.17) is 3.68 Å². The van der Waals surface area contributed by atoms with Crippen LogP contribution in [-0.2, 0) is 23.5 Å². The minimum atomic E-state index is -0.989. The van der Waals surface area contributed by atoms with E-state index in [1.54, 1.807) is 10.8 Å². The molecule has 1 aromatic carbocycles. The van der Waals surface area contributed by atoms with Crippen LogP contribution in [0.4, 0.5) is 0 Å². The third kappa shape index (κ3) is 4.79. The Hall–Kier alpha value is 0.340. The van der Waals surface area contributed by atoms with Crippen molar-refractivity contribution in [3.63, 3.8) is 0 Å². The summed E-state index contributed by atoms with van der Waals surface area (Å²) < 4.78 is 6.95. The van der Waals surface area contributed by atoms with Crippen LogP contribution in [0.25, 0.3) is 0 Å². The molecule has 2 atom stereocenters. The zero-order valence-corrected chi connectivity index (χ0v) is 21.5. The van der Waals surface area contributed by atoms with Gasteiger partial charge in [-0.1, -0.05) is 0 Å². The van der Waals surface area contributed by atoms with Gasteiger partial charge in [0.25, 0.3) is 0 Å². The SMILES string of the molecule is CC[C]([Zr+2][NH2])(C(C)(C)C)C(C)([SiH2]c1ccccc1)C1=CC=CC1.[Cl-].[Cl-]. The van der Waals surface area contributed by atoms with E-state index in [2.05, 4.69) is 83.2 Å². The minimum absolute atomic E-state index is 0. The number of halogens is 2. The van der Waals surface area contributed by atoms with E-state index in [-0.39, 0.29) is 35.3 Å². The molecule has 0 heterocycles. The third-order valence-corrected chi connectivity index (χ3v) is 14.7. The molecule has 0 amide bonds. The second-order valence-corrected chi connectivity index (χ2v) is 13.4. The van der Waals surface area contributed by atoms with Crippen molar-refractivity contribution in [2.24, 2.45) is 9.09 Å².